The Kier molecular flexibility index (Phi) is 5.63. The summed E-state index contributed by atoms with van der Waals surface area (Å²) in [5, 5.41) is 0. The molecule has 0 radical (unpaired) electrons. The Bertz CT molecular complexity index is 1020. The molecule has 9 heteroatoms. The fourth-order valence-electron chi connectivity index (χ4n) is 2.49. The monoisotopic (exact) mass is 386 g/mol. The van der Waals surface area contributed by atoms with E-state index < -0.39 is 16.0 Å². The van der Waals surface area contributed by atoms with Gasteiger partial charge < -0.3 is 9.30 Å². The van der Waals surface area contributed by atoms with Crippen LogP contribution in [0.4, 0.5) is 0 Å². The number of hydrogen-bond acceptors (Lipinski definition) is 6. The van der Waals surface area contributed by atoms with E-state index in [1.807, 2.05) is 22.8 Å². The van der Waals surface area contributed by atoms with Gasteiger partial charge in [0.15, 0.2) is 5.82 Å². The topological polar surface area (TPSA) is 103 Å². The predicted octanol–water partition coefficient (Wildman–Crippen LogP) is 1.71. The van der Waals surface area contributed by atoms with Crippen LogP contribution in [0.3, 0.4) is 0 Å². The summed E-state index contributed by atoms with van der Waals surface area (Å²) in [6, 6.07) is 11.1. The Hall–Kier alpha value is -3.04. The molecule has 1 N–H and O–H groups in total. The molecule has 27 heavy (non-hydrogen) atoms. The van der Waals surface area contributed by atoms with E-state index in [4.69, 9.17) is 0 Å². The maximum Gasteiger partial charge on any atom is 0.337 e. The van der Waals surface area contributed by atoms with Crippen LogP contribution in [0.15, 0.2) is 66.0 Å². The predicted molar refractivity (Wildman–Crippen MR) is 98.4 cm³/mol. The van der Waals surface area contributed by atoms with Gasteiger partial charge in [-0.25, -0.2) is 22.9 Å². The van der Waals surface area contributed by atoms with E-state index in [1.54, 1.807) is 18.6 Å². The van der Waals surface area contributed by atoms with Crippen molar-refractivity contribution in [2.24, 2.45) is 0 Å². The van der Waals surface area contributed by atoms with Gasteiger partial charge in [-0.2, -0.15) is 0 Å². The number of esters is 1. The lowest BCUT2D eigenvalue weighted by atomic mass is 10.2. The normalized spacial score (nSPS) is 11.3. The maximum atomic E-state index is 12.4. The Labute approximate surface area is 156 Å². The Morgan fingerprint density at radius 1 is 1.11 bits per heavy atom. The minimum Gasteiger partial charge on any atom is -0.465 e. The van der Waals surface area contributed by atoms with Gasteiger partial charge in [0.2, 0.25) is 10.0 Å². The van der Waals surface area contributed by atoms with Gasteiger partial charge in [-0.05, 0) is 36.4 Å². The molecule has 2 heterocycles. The minimum absolute atomic E-state index is 0.0748. The molecule has 0 unspecified atom stereocenters. The fourth-order valence-corrected chi connectivity index (χ4v) is 3.51. The molecule has 1 aromatic carbocycles. The average molecular weight is 386 g/mol. The van der Waals surface area contributed by atoms with Gasteiger partial charge in [0, 0.05) is 31.7 Å². The van der Waals surface area contributed by atoms with Crippen molar-refractivity contribution >= 4 is 16.0 Å². The van der Waals surface area contributed by atoms with Crippen molar-refractivity contribution in [3.05, 3.63) is 66.6 Å². The van der Waals surface area contributed by atoms with Gasteiger partial charge in [0.05, 0.1) is 17.6 Å². The van der Waals surface area contributed by atoms with Gasteiger partial charge in [-0.15, -0.1) is 0 Å². The quantitative estimate of drug-likeness (QED) is 0.620. The number of carbonyl (C=O) groups is 1. The second-order valence-electron chi connectivity index (χ2n) is 5.57. The number of carbonyl (C=O) groups excluding carboxylic acids is 1. The van der Waals surface area contributed by atoms with Crippen molar-refractivity contribution in [2.45, 2.75) is 11.4 Å². The highest BCUT2D eigenvalue weighted by molar-refractivity contribution is 7.89. The molecule has 0 spiro atoms. The van der Waals surface area contributed by atoms with Crippen molar-refractivity contribution < 1.29 is 17.9 Å². The third-order valence-corrected chi connectivity index (χ3v) is 5.32. The van der Waals surface area contributed by atoms with Crippen LogP contribution in [-0.4, -0.2) is 42.6 Å². The molecule has 0 aliphatic heterocycles. The zero-order chi connectivity index (χ0) is 19.3. The lowest BCUT2D eigenvalue weighted by Gasteiger charge is -2.10. The Morgan fingerprint density at radius 3 is 2.56 bits per heavy atom. The first-order valence-corrected chi connectivity index (χ1v) is 9.60. The van der Waals surface area contributed by atoms with E-state index in [0.717, 1.165) is 0 Å². The summed E-state index contributed by atoms with van der Waals surface area (Å²) < 4.78 is 33.8. The molecule has 0 aliphatic carbocycles. The summed E-state index contributed by atoms with van der Waals surface area (Å²) in [5.74, 6) is 0.145. The van der Waals surface area contributed by atoms with Gasteiger partial charge in [-0.3, -0.25) is 4.98 Å². The van der Waals surface area contributed by atoms with Gasteiger partial charge in [0.25, 0.3) is 0 Å². The third-order valence-electron chi connectivity index (χ3n) is 3.84. The second-order valence-corrected chi connectivity index (χ2v) is 7.34. The number of ether oxygens (including phenoxy) is 1. The molecular weight excluding hydrogens is 368 g/mol. The van der Waals surface area contributed by atoms with E-state index in [-0.39, 0.29) is 17.0 Å². The average Bonchev–Trinajstić information content (AvgIpc) is 3.16. The number of nitrogens with zero attached hydrogens (tertiary/aromatic N) is 3. The van der Waals surface area contributed by atoms with E-state index in [1.165, 1.54) is 31.4 Å². The molecule has 140 valence electrons. The summed E-state index contributed by atoms with van der Waals surface area (Å²) in [6.45, 7) is 0.572. The number of pyridine rings is 1. The molecule has 3 aromatic rings. The number of sulfonamides is 1. The largest absolute Gasteiger partial charge is 0.465 e. The summed E-state index contributed by atoms with van der Waals surface area (Å²) >= 11 is 0. The molecule has 8 nitrogen and oxygen atoms in total. The molecule has 0 fully saturated rings. The summed E-state index contributed by atoms with van der Waals surface area (Å²) in [5.41, 5.74) is 0.999. The van der Waals surface area contributed by atoms with Crippen LogP contribution in [0, 0.1) is 0 Å². The first-order valence-electron chi connectivity index (χ1n) is 8.12. The number of hydrogen-bond donors (Lipinski definition) is 1. The van der Waals surface area contributed by atoms with Crippen LogP contribution in [-0.2, 0) is 21.3 Å². The van der Waals surface area contributed by atoms with E-state index in [2.05, 4.69) is 19.4 Å². The Morgan fingerprint density at radius 2 is 1.89 bits per heavy atom. The first-order chi connectivity index (χ1) is 13.0. The summed E-state index contributed by atoms with van der Waals surface area (Å²) in [6.07, 6.45) is 5.09. The SMILES string of the molecule is COC(=O)c1ccc(S(=O)(=O)NCCn2ccnc2-c2ccccn2)cc1. The molecule has 3 rings (SSSR count). The maximum absolute atomic E-state index is 12.4. The van der Waals surface area contributed by atoms with E-state index in [9.17, 15) is 13.2 Å². The fraction of sp³-hybridized carbons (Fsp3) is 0.167. The highest BCUT2D eigenvalue weighted by atomic mass is 32.2. The van der Waals surface area contributed by atoms with Crippen LogP contribution in [0.5, 0.6) is 0 Å². The minimum atomic E-state index is -3.69. The van der Waals surface area contributed by atoms with E-state index in [0.29, 0.717) is 18.1 Å². The number of methoxy groups -OCH3 is 1. The van der Waals surface area contributed by atoms with Crippen molar-refractivity contribution in [1.29, 1.82) is 0 Å². The van der Waals surface area contributed by atoms with Crippen LogP contribution >= 0.6 is 0 Å². The number of rotatable bonds is 7. The molecule has 0 atom stereocenters. The van der Waals surface area contributed by atoms with Crippen molar-refractivity contribution in [2.75, 3.05) is 13.7 Å². The Balaban J connectivity index is 1.65. The zero-order valence-electron chi connectivity index (χ0n) is 14.6. The van der Waals surface area contributed by atoms with Gasteiger partial charge in [-0.1, -0.05) is 6.07 Å². The number of aromatic nitrogens is 3. The summed E-state index contributed by atoms with van der Waals surface area (Å²) in [7, 11) is -2.42. The van der Waals surface area contributed by atoms with Crippen molar-refractivity contribution in [1.82, 2.24) is 19.3 Å². The van der Waals surface area contributed by atoms with Crippen LogP contribution in [0.2, 0.25) is 0 Å². The molecular formula is C18H18N4O4S. The molecule has 0 aliphatic rings. The molecule has 0 saturated heterocycles. The number of benzene rings is 1. The third kappa shape index (κ3) is 4.39. The first kappa shape index (κ1) is 18.7. The van der Waals surface area contributed by atoms with Gasteiger partial charge >= 0.3 is 5.97 Å². The zero-order valence-corrected chi connectivity index (χ0v) is 15.4. The summed E-state index contributed by atoms with van der Waals surface area (Å²) in [4.78, 5) is 20.0. The molecule has 0 saturated carbocycles. The van der Waals surface area contributed by atoms with Crippen LogP contribution in [0.25, 0.3) is 11.5 Å². The van der Waals surface area contributed by atoms with Gasteiger partial charge in [0.1, 0.15) is 5.69 Å². The van der Waals surface area contributed by atoms with Crippen LogP contribution < -0.4 is 4.72 Å². The highest BCUT2D eigenvalue weighted by Gasteiger charge is 2.15. The number of imidazole rings is 1. The highest BCUT2D eigenvalue weighted by Crippen LogP contribution is 2.14. The lowest BCUT2D eigenvalue weighted by Crippen LogP contribution is -2.27. The molecule has 2 aromatic heterocycles. The van der Waals surface area contributed by atoms with Crippen molar-refractivity contribution in [3.63, 3.8) is 0 Å². The smallest absolute Gasteiger partial charge is 0.337 e. The van der Waals surface area contributed by atoms with Crippen LogP contribution in [0.1, 0.15) is 10.4 Å². The number of nitrogens with one attached hydrogen (secondary N) is 1. The van der Waals surface area contributed by atoms with Crippen molar-refractivity contribution in [3.8, 4) is 11.5 Å². The lowest BCUT2D eigenvalue weighted by molar-refractivity contribution is 0.0600. The standard InChI is InChI=1S/C18H18N4O4S/c1-26-18(23)14-5-7-15(8-6-14)27(24,25)21-11-13-22-12-10-20-17(22)16-4-2-3-9-19-16/h2-10,12,21H,11,13H2,1H3. The molecule has 0 amide bonds. The molecule has 0 bridgehead atoms. The van der Waals surface area contributed by atoms with E-state index >= 15 is 0 Å². The second kappa shape index (κ2) is 8.11.